The Bertz CT molecular complexity index is 782. The molecule has 9 heteroatoms. The van der Waals surface area contributed by atoms with Crippen LogP contribution in [0.15, 0.2) is 36.4 Å². The highest BCUT2D eigenvalue weighted by atomic mass is 35.5. The molecule has 126 valence electrons. The predicted octanol–water partition coefficient (Wildman–Crippen LogP) is 3.91. The molecule has 2 rings (SSSR count). The zero-order chi connectivity index (χ0) is 17.7. The van der Waals surface area contributed by atoms with Gasteiger partial charge in [0.05, 0.1) is 36.6 Å². The number of benzene rings is 2. The number of anilines is 2. The molecule has 0 bridgehead atoms. The van der Waals surface area contributed by atoms with E-state index in [-0.39, 0.29) is 17.1 Å². The van der Waals surface area contributed by atoms with Crippen molar-refractivity contribution in [2.45, 2.75) is 0 Å². The number of rotatable bonds is 5. The number of nitro benzene ring substituents is 1. The Kier molecular flexibility index (Phi) is 5.43. The van der Waals surface area contributed by atoms with Gasteiger partial charge in [0.2, 0.25) is 0 Å². The maximum atomic E-state index is 12.1. The van der Waals surface area contributed by atoms with Crippen LogP contribution in [0, 0.1) is 10.1 Å². The molecule has 2 amide bonds. The Labute approximate surface area is 142 Å². The van der Waals surface area contributed by atoms with Crippen molar-refractivity contribution in [2.75, 3.05) is 24.9 Å². The number of nitrogens with one attached hydrogen (secondary N) is 2. The van der Waals surface area contributed by atoms with Crippen molar-refractivity contribution < 1.29 is 19.2 Å². The van der Waals surface area contributed by atoms with Gasteiger partial charge in [-0.1, -0.05) is 11.6 Å². The Morgan fingerprint density at radius 1 is 1.04 bits per heavy atom. The van der Waals surface area contributed by atoms with Gasteiger partial charge < -0.3 is 20.1 Å². The highest BCUT2D eigenvalue weighted by molar-refractivity contribution is 6.31. The quantitative estimate of drug-likeness (QED) is 0.628. The van der Waals surface area contributed by atoms with Crippen LogP contribution in [-0.2, 0) is 0 Å². The smallest absolute Gasteiger partial charge is 0.323 e. The third kappa shape index (κ3) is 4.05. The van der Waals surface area contributed by atoms with Crippen LogP contribution in [0.4, 0.5) is 21.9 Å². The van der Waals surface area contributed by atoms with Crippen molar-refractivity contribution >= 4 is 34.7 Å². The molecule has 0 aromatic heterocycles. The van der Waals surface area contributed by atoms with Crippen molar-refractivity contribution in [3.63, 3.8) is 0 Å². The predicted molar refractivity (Wildman–Crippen MR) is 90.3 cm³/mol. The molecule has 0 fully saturated rings. The van der Waals surface area contributed by atoms with Gasteiger partial charge in [-0.15, -0.1) is 0 Å². The first-order chi connectivity index (χ1) is 11.4. The van der Waals surface area contributed by atoms with E-state index >= 15 is 0 Å². The molecule has 0 spiro atoms. The van der Waals surface area contributed by atoms with Gasteiger partial charge >= 0.3 is 6.03 Å². The fraction of sp³-hybridized carbons (Fsp3) is 0.133. The summed E-state index contributed by atoms with van der Waals surface area (Å²) in [7, 11) is 2.81. The van der Waals surface area contributed by atoms with Gasteiger partial charge in [-0.25, -0.2) is 4.79 Å². The monoisotopic (exact) mass is 351 g/mol. The molecule has 24 heavy (non-hydrogen) atoms. The molecular formula is C15H14ClN3O5. The number of urea groups is 1. The third-order valence-corrected chi connectivity index (χ3v) is 3.29. The van der Waals surface area contributed by atoms with E-state index in [9.17, 15) is 14.9 Å². The summed E-state index contributed by atoms with van der Waals surface area (Å²) in [6, 6.07) is 8.06. The minimum atomic E-state index is -0.581. The van der Waals surface area contributed by atoms with E-state index in [1.54, 1.807) is 12.1 Å². The SMILES string of the molecule is COc1ccc(Cl)cc1NC(=O)Nc1ccc([N+](=O)[O-])cc1OC. The number of carbonyl (C=O) groups is 1. The summed E-state index contributed by atoms with van der Waals surface area (Å²) in [5, 5.41) is 16.3. The summed E-state index contributed by atoms with van der Waals surface area (Å²) in [5.74, 6) is 0.600. The Hall–Kier alpha value is -3.00. The number of ether oxygens (including phenoxy) is 2. The van der Waals surface area contributed by atoms with Crippen LogP contribution in [0.1, 0.15) is 0 Å². The van der Waals surface area contributed by atoms with Gasteiger partial charge in [0, 0.05) is 11.1 Å². The minimum absolute atomic E-state index is 0.144. The van der Waals surface area contributed by atoms with Crippen molar-refractivity contribution in [2.24, 2.45) is 0 Å². The van der Waals surface area contributed by atoms with Gasteiger partial charge in [-0.05, 0) is 24.3 Å². The topological polar surface area (TPSA) is 103 Å². The molecule has 0 aliphatic heterocycles. The summed E-state index contributed by atoms with van der Waals surface area (Å²) in [6.45, 7) is 0. The normalized spacial score (nSPS) is 9.96. The van der Waals surface area contributed by atoms with E-state index in [2.05, 4.69) is 10.6 Å². The first-order valence-corrected chi connectivity index (χ1v) is 7.06. The van der Waals surface area contributed by atoms with E-state index in [1.165, 1.54) is 38.5 Å². The van der Waals surface area contributed by atoms with Crippen LogP contribution in [0.5, 0.6) is 11.5 Å². The lowest BCUT2D eigenvalue weighted by Gasteiger charge is -2.13. The average molecular weight is 352 g/mol. The van der Waals surface area contributed by atoms with Crippen molar-refractivity contribution in [3.8, 4) is 11.5 Å². The number of amides is 2. The first kappa shape index (κ1) is 17.4. The number of hydrogen-bond donors (Lipinski definition) is 2. The van der Waals surface area contributed by atoms with Crippen LogP contribution < -0.4 is 20.1 Å². The standard InChI is InChI=1S/C15H14ClN3O5/c1-23-13-6-3-9(16)7-12(13)18-15(20)17-11-5-4-10(19(21)22)8-14(11)24-2/h3-8H,1-2H3,(H2,17,18,20). The summed E-state index contributed by atoms with van der Waals surface area (Å²) in [4.78, 5) is 22.4. The fourth-order valence-corrected chi connectivity index (χ4v) is 2.12. The molecule has 8 nitrogen and oxygen atoms in total. The molecule has 2 aromatic rings. The molecule has 0 aliphatic rings. The zero-order valence-corrected chi connectivity index (χ0v) is 13.6. The largest absolute Gasteiger partial charge is 0.495 e. The number of nitrogens with zero attached hydrogens (tertiary/aromatic N) is 1. The molecular weight excluding hydrogens is 338 g/mol. The number of non-ortho nitro benzene ring substituents is 1. The highest BCUT2D eigenvalue weighted by Crippen LogP contribution is 2.30. The van der Waals surface area contributed by atoms with E-state index in [4.69, 9.17) is 21.1 Å². The van der Waals surface area contributed by atoms with Crippen LogP contribution >= 0.6 is 11.6 Å². The van der Waals surface area contributed by atoms with Crippen LogP contribution in [0.25, 0.3) is 0 Å². The molecule has 0 radical (unpaired) electrons. The van der Waals surface area contributed by atoms with Gasteiger partial charge in [-0.3, -0.25) is 10.1 Å². The van der Waals surface area contributed by atoms with Crippen LogP contribution in [0.3, 0.4) is 0 Å². The molecule has 0 heterocycles. The molecule has 2 N–H and O–H groups in total. The van der Waals surface area contributed by atoms with E-state index in [1.807, 2.05) is 0 Å². The molecule has 0 atom stereocenters. The van der Waals surface area contributed by atoms with Gasteiger partial charge in [-0.2, -0.15) is 0 Å². The van der Waals surface area contributed by atoms with Crippen molar-refractivity contribution in [3.05, 3.63) is 51.5 Å². The maximum Gasteiger partial charge on any atom is 0.323 e. The number of nitro groups is 1. The van der Waals surface area contributed by atoms with E-state index in [0.717, 1.165) is 0 Å². The number of methoxy groups -OCH3 is 2. The molecule has 2 aromatic carbocycles. The zero-order valence-electron chi connectivity index (χ0n) is 12.8. The average Bonchev–Trinajstić information content (AvgIpc) is 2.55. The molecule has 0 saturated carbocycles. The number of carbonyl (C=O) groups excluding carboxylic acids is 1. The highest BCUT2D eigenvalue weighted by Gasteiger charge is 2.14. The second-order valence-corrected chi connectivity index (χ2v) is 5.00. The van der Waals surface area contributed by atoms with Crippen molar-refractivity contribution in [1.82, 2.24) is 0 Å². The Morgan fingerprint density at radius 3 is 2.33 bits per heavy atom. The van der Waals surface area contributed by atoms with Crippen LogP contribution in [-0.4, -0.2) is 25.2 Å². The third-order valence-electron chi connectivity index (χ3n) is 3.05. The summed E-state index contributed by atoms with van der Waals surface area (Å²) in [5.41, 5.74) is 0.513. The Morgan fingerprint density at radius 2 is 1.71 bits per heavy atom. The summed E-state index contributed by atoms with van der Waals surface area (Å²) < 4.78 is 10.2. The number of halogens is 1. The van der Waals surface area contributed by atoms with Gasteiger partial charge in [0.25, 0.3) is 5.69 Å². The van der Waals surface area contributed by atoms with E-state index in [0.29, 0.717) is 16.5 Å². The Balaban J connectivity index is 2.18. The lowest BCUT2D eigenvalue weighted by Crippen LogP contribution is -2.20. The summed E-state index contributed by atoms with van der Waals surface area (Å²) >= 11 is 5.90. The second-order valence-electron chi connectivity index (χ2n) is 4.57. The molecule has 0 unspecified atom stereocenters. The lowest BCUT2D eigenvalue weighted by molar-refractivity contribution is -0.384. The van der Waals surface area contributed by atoms with Crippen molar-refractivity contribution in [1.29, 1.82) is 0 Å². The van der Waals surface area contributed by atoms with Crippen LogP contribution in [0.2, 0.25) is 5.02 Å². The van der Waals surface area contributed by atoms with Gasteiger partial charge in [0.1, 0.15) is 11.5 Å². The maximum absolute atomic E-state index is 12.1. The second kappa shape index (κ2) is 7.51. The molecule has 0 aliphatic carbocycles. The first-order valence-electron chi connectivity index (χ1n) is 6.68. The van der Waals surface area contributed by atoms with E-state index < -0.39 is 11.0 Å². The lowest BCUT2D eigenvalue weighted by atomic mass is 10.2. The molecule has 0 saturated heterocycles. The minimum Gasteiger partial charge on any atom is -0.495 e. The fourth-order valence-electron chi connectivity index (χ4n) is 1.95. The number of hydrogen-bond acceptors (Lipinski definition) is 5. The van der Waals surface area contributed by atoms with Gasteiger partial charge in [0.15, 0.2) is 0 Å². The summed E-state index contributed by atoms with van der Waals surface area (Å²) in [6.07, 6.45) is 0.